The fourth-order valence-electron chi connectivity index (χ4n) is 3.18. The highest BCUT2D eigenvalue weighted by atomic mass is 16.5. The molecular weight excluding hydrogens is 286 g/mol. The number of imidazole rings is 1. The Balaban J connectivity index is 1.59. The lowest BCUT2D eigenvalue weighted by Crippen LogP contribution is -2.06. The van der Waals surface area contributed by atoms with E-state index in [1.165, 1.54) is 0 Å². The molecule has 2 aromatic carbocycles. The van der Waals surface area contributed by atoms with Gasteiger partial charge in [-0.3, -0.25) is 9.55 Å². The van der Waals surface area contributed by atoms with Gasteiger partial charge >= 0.3 is 0 Å². The predicted molar refractivity (Wildman–Crippen MR) is 87.8 cm³/mol. The number of fused-ring (bicyclic) bond motifs is 4. The summed E-state index contributed by atoms with van der Waals surface area (Å²) in [4.78, 5) is 8.44. The number of ether oxygens (including phenoxy) is 1. The zero-order chi connectivity index (χ0) is 15.2. The van der Waals surface area contributed by atoms with Gasteiger partial charge < -0.3 is 4.74 Å². The van der Waals surface area contributed by atoms with E-state index in [1.54, 1.807) is 6.20 Å². The van der Waals surface area contributed by atoms with Crippen LogP contribution in [0.1, 0.15) is 17.4 Å². The smallest absolute Gasteiger partial charge is 0.168 e. The van der Waals surface area contributed by atoms with Crippen LogP contribution in [-0.2, 0) is 0 Å². The Morgan fingerprint density at radius 1 is 0.913 bits per heavy atom. The summed E-state index contributed by atoms with van der Waals surface area (Å²) >= 11 is 0. The standard InChI is InChI=1S/C19H13N3O/c1-2-4-17-16(3-1)19(18-11-21-12-22(17)18)23-15-6-5-13-7-8-20-10-14(13)9-15/h1-12,19H. The summed E-state index contributed by atoms with van der Waals surface area (Å²) in [5, 5.41) is 2.23. The van der Waals surface area contributed by atoms with Crippen LogP contribution in [0.3, 0.4) is 0 Å². The Morgan fingerprint density at radius 2 is 1.87 bits per heavy atom. The molecule has 0 saturated heterocycles. The molecule has 1 aliphatic rings. The summed E-state index contributed by atoms with van der Waals surface area (Å²) in [6.45, 7) is 0. The fourth-order valence-corrected chi connectivity index (χ4v) is 3.18. The Bertz CT molecular complexity index is 1020. The minimum Gasteiger partial charge on any atom is -0.479 e. The van der Waals surface area contributed by atoms with Crippen molar-refractivity contribution >= 4 is 10.8 Å². The number of hydrogen-bond acceptors (Lipinski definition) is 3. The third-order valence-corrected chi connectivity index (χ3v) is 4.28. The number of para-hydroxylation sites is 1. The van der Waals surface area contributed by atoms with Gasteiger partial charge in [-0.15, -0.1) is 0 Å². The summed E-state index contributed by atoms with van der Waals surface area (Å²) in [6, 6.07) is 16.4. The number of rotatable bonds is 2. The highest BCUT2D eigenvalue weighted by Gasteiger charge is 2.30. The first-order valence-corrected chi connectivity index (χ1v) is 7.52. The molecule has 0 N–H and O–H groups in total. The molecule has 4 aromatic rings. The van der Waals surface area contributed by atoms with Crippen molar-refractivity contribution in [3.05, 3.63) is 84.7 Å². The van der Waals surface area contributed by atoms with Gasteiger partial charge in [0, 0.05) is 23.3 Å². The van der Waals surface area contributed by atoms with Crippen LogP contribution in [0.2, 0.25) is 0 Å². The Kier molecular flexibility index (Phi) is 2.52. The number of benzene rings is 2. The van der Waals surface area contributed by atoms with Crippen LogP contribution in [0.4, 0.5) is 0 Å². The van der Waals surface area contributed by atoms with E-state index in [2.05, 4.69) is 32.7 Å². The summed E-state index contributed by atoms with van der Waals surface area (Å²) in [5.74, 6) is 0.833. The second kappa shape index (κ2) is 4.68. The van der Waals surface area contributed by atoms with E-state index in [1.807, 2.05) is 49.1 Å². The SMILES string of the molecule is c1ccc2c(c1)C(Oc1ccc3ccncc3c1)c1cncn1-2. The molecule has 1 aliphatic heterocycles. The topological polar surface area (TPSA) is 39.9 Å². The molecule has 4 heteroatoms. The third-order valence-electron chi connectivity index (χ3n) is 4.28. The van der Waals surface area contributed by atoms with Crippen LogP contribution in [0.5, 0.6) is 5.75 Å². The van der Waals surface area contributed by atoms with Crippen LogP contribution in [0.15, 0.2) is 73.4 Å². The van der Waals surface area contributed by atoms with E-state index in [0.29, 0.717) is 0 Å². The van der Waals surface area contributed by atoms with Crippen molar-refractivity contribution in [3.8, 4) is 11.4 Å². The molecule has 0 saturated carbocycles. The Morgan fingerprint density at radius 3 is 2.87 bits per heavy atom. The Hall–Kier alpha value is -3.14. The molecule has 0 radical (unpaired) electrons. The normalized spacial score (nSPS) is 15.4. The van der Waals surface area contributed by atoms with E-state index in [-0.39, 0.29) is 6.10 Å². The van der Waals surface area contributed by atoms with Crippen LogP contribution >= 0.6 is 0 Å². The average Bonchev–Trinajstić information content (AvgIpc) is 3.18. The van der Waals surface area contributed by atoms with Gasteiger partial charge in [0.1, 0.15) is 5.75 Å². The lowest BCUT2D eigenvalue weighted by atomic mass is 10.1. The van der Waals surface area contributed by atoms with Crippen molar-refractivity contribution in [1.82, 2.24) is 14.5 Å². The van der Waals surface area contributed by atoms with Gasteiger partial charge in [-0.25, -0.2) is 4.98 Å². The molecule has 1 atom stereocenters. The number of aromatic nitrogens is 3. The van der Waals surface area contributed by atoms with E-state index >= 15 is 0 Å². The maximum Gasteiger partial charge on any atom is 0.168 e. The summed E-state index contributed by atoms with van der Waals surface area (Å²) in [5.41, 5.74) is 3.35. The minimum absolute atomic E-state index is 0.136. The second-order valence-electron chi connectivity index (χ2n) is 5.63. The molecule has 0 aliphatic carbocycles. The quantitative estimate of drug-likeness (QED) is 0.563. The van der Waals surface area contributed by atoms with E-state index in [9.17, 15) is 0 Å². The van der Waals surface area contributed by atoms with Gasteiger partial charge in [0.25, 0.3) is 0 Å². The lowest BCUT2D eigenvalue weighted by molar-refractivity contribution is 0.249. The van der Waals surface area contributed by atoms with Crippen molar-refractivity contribution in [3.63, 3.8) is 0 Å². The van der Waals surface area contributed by atoms with Gasteiger partial charge in [-0.1, -0.05) is 24.3 Å². The van der Waals surface area contributed by atoms with E-state index in [0.717, 1.165) is 33.5 Å². The first-order chi connectivity index (χ1) is 11.4. The molecule has 4 nitrogen and oxygen atoms in total. The number of nitrogens with zero attached hydrogens (tertiary/aromatic N) is 3. The molecule has 5 rings (SSSR count). The highest BCUT2D eigenvalue weighted by molar-refractivity contribution is 5.82. The number of hydrogen-bond donors (Lipinski definition) is 0. The summed E-state index contributed by atoms with van der Waals surface area (Å²) < 4.78 is 8.39. The first kappa shape index (κ1) is 12.4. The lowest BCUT2D eigenvalue weighted by Gasteiger charge is -2.15. The predicted octanol–water partition coefficient (Wildman–Crippen LogP) is 3.90. The molecule has 110 valence electrons. The van der Waals surface area contributed by atoms with Gasteiger partial charge in [-0.05, 0) is 29.7 Å². The fraction of sp³-hybridized carbons (Fsp3) is 0.0526. The van der Waals surface area contributed by atoms with Gasteiger partial charge in [0.05, 0.1) is 23.9 Å². The average molecular weight is 299 g/mol. The molecule has 23 heavy (non-hydrogen) atoms. The van der Waals surface area contributed by atoms with Crippen LogP contribution in [0.25, 0.3) is 16.5 Å². The molecule has 2 aromatic heterocycles. The molecule has 0 bridgehead atoms. The molecular formula is C19H13N3O. The van der Waals surface area contributed by atoms with Crippen LogP contribution in [-0.4, -0.2) is 14.5 Å². The largest absolute Gasteiger partial charge is 0.479 e. The highest BCUT2D eigenvalue weighted by Crippen LogP contribution is 2.39. The van der Waals surface area contributed by atoms with Crippen molar-refractivity contribution in [2.75, 3.05) is 0 Å². The van der Waals surface area contributed by atoms with Crippen LogP contribution < -0.4 is 4.74 Å². The zero-order valence-electron chi connectivity index (χ0n) is 12.3. The molecule has 0 fully saturated rings. The van der Waals surface area contributed by atoms with Crippen molar-refractivity contribution in [2.45, 2.75) is 6.10 Å². The molecule has 3 heterocycles. The zero-order valence-corrected chi connectivity index (χ0v) is 12.3. The molecule has 0 spiro atoms. The monoisotopic (exact) mass is 299 g/mol. The minimum atomic E-state index is -0.136. The van der Waals surface area contributed by atoms with Crippen molar-refractivity contribution in [2.24, 2.45) is 0 Å². The first-order valence-electron chi connectivity index (χ1n) is 7.52. The summed E-state index contributed by atoms with van der Waals surface area (Å²) in [7, 11) is 0. The summed E-state index contributed by atoms with van der Waals surface area (Å²) in [6.07, 6.45) is 7.22. The maximum absolute atomic E-state index is 6.31. The Labute approximate surface area is 133 Å². The third kappa shape index (κ3) is 1.85. The second-order valence-corrected chi connectivity index (χ2v) is 5.63. The number of pyridine rings is 1. The van der Waals surface area contributed by atoms with E-state index < -0.39 is 0 Å². The van der Waals surface area contributed by atoms with Gasteiger partial charge in [0.2, 0.25) is 0 Å². The molecule has 1 unspecified atom stereocenters. The van der Waals surface area contributed by atoms with Crippen LogP contribution in [0, 0.1) is 0 Å². The van der Waals surface area contributed by atoms with Gasteiger partial charge in [0.15, 0.2) is 6.10 Å². The van der Waals surface area contributed by atoms with E-state index in [4.69, 9.17) is 4.74 Å². The van der Waals surface area contributed by atoms with Gasteiger partial charge in [-0.2, -0.15) is 0 Å². The molecule has 0 amide bonds. The van der Waals surface area contributed by atoms with Crippen molar-refractivity contribution < 1.29 is 4.74 Å². The maximum atomic E-state index is 6.31. The van der Waals surface area contributed by atoms with Crippen molar-refractivity contribution in [1.29, 1.82) is 0 Å².